The van der Waals surface area contributed by atoms with Crippen molar-refractivity contribution in [2.45, 2.75) is 0 Å². The molecule has 0 atom stereocenters. The van der Waals surface area contributed by atoms with Crippen LogP contribution < -0.4 is 4.90 Å². The first kappa shape index (κ1) is 26.2. The van der Waals surface area contributed by atoms with E-state index in [4.69, 9.17) is 0 Å². The standard InChI is InChI=1S/C42H29NS/c1-4-13-30(14-5-1)33-27-34(31-15-6-2-7-16-31)29-35(28-33)32-23-25-37(26-24-32)43(36-17-8-3-9-18-36)40-21-12-20-39-38-19-10-11-22-41(38)44-42(39)40/h1-29H. The number of anilines is 3. The Kier molecular flexibility index (Phi) is 6.75. The van der Waals surface area contributed by atoms with Crippen LogP contribution >= 0.6 is 11.3 Å². The Hall–Kier alpha value is -5.44. The first-order chi connectivity index (χ1) is 21.8. The molecule has 0 saturated carbocycles. The number of fused-ring (bicyclic) bond motifs is 3. The van der Waals surface area contributed by atoms with Gasteiger partial charge in [0, 0.05) is 26.8 Å². The van der Waals surface area contributed by atoms with Gasteiger partial charge < -0.3 is 4.90 Å². The van der Waals surface area contributed by atoms with Crippen LogP contribution in [0.5, 0.6) is 0 Å². The number of hydrogen-bond donors (Lipinski definition) is 0. The van der Waals surface area contributed by atoms with Crippen LogP contribution in [0.1, 0.15) is 0 Å². The van der Waals surface area contributed by atoms with Crippen molar-refractivity contribution in [1.82, 2.24) is 0 Å². The van der Waals surface area contributed by atoms with E-state index in [1.807, 2.05) is 11.3 Å². The third-order valence-corrected chi connectivity index (χ3v) is 9.45. The zero-order valence-electron chi connectivity index (χ0n) is 24.1. The van der Waals surface area contributed by atoms with Crippen molar-refractivity contribution < 1.29 is 0 Å². The Morgan fingerprint density at radius 1 is 0.341 bits per heavy atom. The Morgan fingerprint density at radius 2 is 0.818 bits per heavy atom. The van der Waals surface area contributed by atoms with Gasteiger partial charge in [-0.25, -0.2) is 0 Å². The maximum atomic E-state index is 2.39. The van der Waals surface area contributed by atoms with Gasteiger partial charge in [-0.3, -0.25) is 0 Å². The van der Waals surface area contributed by atoms with E-state index < -0.39 is 0 Å². The highest BCUT2D eigenvalue weighted by Crippen LogP contribution is 2.45. The molecule has 0 N–H and O–H groups in total. The molecule has 0 amide bonds. The summed E-state index contributed by atoms with van der Waals surface area (Å²) < 4.78 is 2.61. The highest BCUT2D eigenvalue weighted by atomic mass is 32.1. The summed E-state index contributed by atoms with van der Waals surface area (Å²) in [6, 6.07) is 63.3. The van der Waals surface area contributed by atoms with E-state index >= 15 is 0 Å². The molecule has 0 fully saturated rings. The van der Waals surface area contributed by atoms with E-state index in [0.717, 1.165) is 11.4 Å². The van der Waals surface area contributed by atoms with Gasteiger partial charge in [-0.15, -0.1) is 11.3 Å². The molecule has 1 aromatic heterocycles. The molecular weight excluding hydrogens is 551 g/mol. The second kappa shape index (κ2) is 11.3. The Balaban J connectivity index is 1.25. The molecule has 0 radical (unpaired) electrons. The number of benzene rings is 7. The normalized spacial score (nSPS) is 11.2. The molecule has 8 aromatic rings. The van der Waals surface area contributed by atoms with Gasteiger partial charge in [-0.05, 0) is 88.0 Å². The van der Waals surface area contributed by atoms with Gasteiger partial charge in [0.15, 0.2) is 0 Å². The van der Waals surface area contributed by atoms with Crippen LogP contribution in [0.2, 0.25) is 0 Å². The van der Waals surface area contributed by atoms with E-state index in [9.17, 15) is 0 Å². The molecule has 0 saturated heterocycles. The molecule has 1 nitrogen and oxygen atoms in total. The summed E-state index contributed by atoms with van der Waals surface area (Å²) in [6.07, 6.45) is 0. The van der Waals surface area contributed by atoms with Crippen molar-refractivity contribution in [3.05, 3.63) is 176 Å². The van der Waals surface area contributed by atoms with Crippen molar-refractivity contribution in [1.29, 1.82) is 0 Å². The lowest BCUT2D eigenvalue weighted by atomic mass is 9.93. The quantitative estimate of drug-likeness (QED) is 0.189. The monoisotopic (exact) mass is 579 g/mol. The summed E-state index contributed by atoms with van der Waals surface area (Å²) in [5, 5.41) is 2.61. The molecule has 0 spiro atoms. The van der Waals surface area contributed by atoms with Crippen LogP contribution in [0.3, 0.4) is 0 Å². The van der Waals surface area contributed by atoms with Crippen molar-refractivity contribution in [3.63, 3.8) is 0 Å². The van der Waals surface area contributed by atoms with Gasteiger partial charge in [0.1, 0.15) is 0 Å². The summed E-state index contributed by atoms with van der Waals surface area (Å²) >= 11 is 1.86. The predicted octanol–water partition coefficient (Wildman–Crippen LogP) is 12.5. The van der Waals surface area contributed by atoms with Crippen molar-refractivity contribution >= 4 is 48.6 Å². The molecule has 2 heteroatoms. The first-order valence-corrected chi connectivity index (χ1v) is 15.8. The average molecular weight is 580 g/mol. The Morgan fingerprint density at radius 3 is 1.43 bits per heavy atom. The number of thiophene rings is 1. The number of nitrogens with zero attached hydrogens (tertiary/aromatic N) is 1. The summed E-state index contributed by atoms with van der Waals surface area (Å²) in [5.41, 5.74) is 10.7. The Labute approximate surface area is 261 Å². The average Bonchev–Trinajstić information content (AvgIpc) is 3.49. The zero-order valence-corrected chi connectivity index (χ0v) is 24.9. The van der Waals surface area contributed by atoms with Crippen molar-refractivity contribution in [2.24, 2.45) is 0 Å². The topological polar surface area (TPSA) is 3.24 Å². The first-order valence-electron chi connectivity index (χ1n) is 14.9. The third kappa shape index (κ3) is 4.86. The lowest BCUT2D eigenvalue weighted by Gasteiger charge is -2.26. The zero-order chi connectivity index (χ0) is 29.3. The summed E-state index contributed by atoms with van der Waals surface area (Å²) in [6.45, 7) is 0. The Bertz CT molecular complexity index is 2140. The SMILES string of the molecule is c1ccc(-c2cc(-c3ccccc3)cc(-c3ccc(N(c4ccccc4)c4cccc5c4sc4ccccc45)cc3)c2)cc1. The maximum absolute atomic E-state index is 2.39. The molecule has 0 bridgehead atoms. The van der Waals surface area contributed by atoms with E-state index in [0.29, 0.717) is 0 Å². The van der Waals surface area contributed by atoms with Crippen LogP contribution in [0.4, 0.5) is 17.1 Å². The second-order valence-corrected chi connectivity index (χ2v) is 12.1. The van der Waals surface area contributed by atoms with Gasteiger partial charge in [0.2, 0.25) is 0 Å². The number of rotatable bonds is 6. The van der Waals surface area contributed by atoms with Gasteiger partial charge in [-0.2, -0.15) is 0 Å². The molecular formula is C42H29NS. The highest BCUT2D eigenvalue weighted by Gasteiger charge is 2.18. The summed E-state index contributed by atoms with van der Waals surface area (Å²) in [7, 11) is 0. The minimum atomic E-state index is 1.13. The van der Waals surface area contributed by atoms with Crippen LogP contribution in [-0.4, -0.2) is 0 Å². The lowest BCUT2D eigenvalue weighted by Crippen LogP contribution is -2.09. The predicted molar refractivity (Wildman–Crippen MR) is 190 cm³/mol. The largest absolute Gasteiger partial charge is 0.309 e. The third-order valence-electron chi connectivity index (χ3n) is 8.24. The minimum absolute atomic E-state index is 1.13. The minimum Gasteiger partial charge on any atom is -0.309 e. The molecule has 44 heavy (non-hydrogen) atoms. The fraction of sp³-hybridized carbons (Fsp3) is 0. The van der Waals surface area contributed by atoms with Crippen molar-refractivity contribution in [3.8, 4) is 33.4 Å². The van der Waals surface area contributed by atoms with Gasteiger partial charge in [0.25, 0.3) is 0 Å². The molecule has 0 aliphatic rings. The van der Waals surface area contributed by atoms with Crippen LogP contribution in [0, 0.1) is 0 Å². The fourth-order valence-electron chi connectivity index (χ4n) is 6.10. The number of para-hydroxylation sites is 1. The summed E-state index contributed by atoms with van der Waals surface area (Å²) in [5.74, 6) is 0. The summed E-state index contributed by atoms with van der Waals surface area (Å²) in [4.78, 5) is 2.39. The number of hydrogen-bond acceptors (Lipinski definition) is 2. The molecule has 7 aromatic carbocycles. The van der Waals surface area contributed by atoms with Crippen LogP contribution in [0.25, 0.3) is 53.6 Å². The maximum Gasteiger partial charge on any atom is 0.0640 e. The van der Waals surface area contributed by atoms with E-state index in [1.165, 1.54) is 59.2 Å². The van der Waals surface area contributed by atoms with Crippen molar-refractivity contribution in [2.75, 3.05) is 4.90 Å². The molecule has 8 rings (SSSR count). The highest BCUT2D eigenvalue weighted by molar-refractivity contribution is 7.26. The molecule has 1 heterocycles. The van der Waals surface area contributed by atoms with Crippen LogP contribution in [-0.2, 0) is 0 Å². The molecule has 0 aliphatic heterocycles. The van der Waals surface area contributed by atoms with Crippen LogP contribution in [0.15, 0.2) is 176 Å². The van der Waals surface area contributed by atoms with E-state index in [2.05, 4.69) is 181 Å². The van der Waals surface area contributed by atoms with Gasteiger partial charge >= 0.3 is 0 Å². The molecule has 208 valence electrons. The van der Waals surface area contributed by atoms with Gasteiger partial charge in [-0.1, -0.05) is 121 Å². The molecule has 0 aliphatic carbocycles. The van der Waals surface area contributed by atoms with E-state index in [-0.39, 0.29) is 0 Å². The molecule has 0 unspecified atom stereocenters. The fourth-order valence-corrected chi connectivity index (χ4v) is 7.31. The van der Waals surface area contributed by atoms with E-state index in [1.54, 1.807) is 0 Å². The lowest BCUT2D eigenvalue weighted by molar-refractivity contribution is 1.30. The van der Waals surface area contributed by atoms with Gasteiger partial charge in [0.05, 0.1) is 10.4 Å². The second-order valence-electron chi connectivity index (χ2n) is 11.0. The smallest absolute Gasteiger partial charge is 0.0640 e.